The van der Waals surface area contributed by atoms with Crippen molar-refractivity contribution in [2.24, 2.45) is 17.8 Å². The Morgan fingerprint density at radius 2 is 2.43 bits per heavy atom. The average molecular weight is 288 g/mol. The minimum atomic E-state index is -0.550. The first-order chi connectivity index (χ1) is 10.2. The largest absolute Gasteiger partial charge is 0.465 e. The smallest absolute Gasteiger partial charge is 0.331 e. The van der Waals surface area contributed by atoms with Crippen molar-refractivity contribution < 1.29 is 13.9 Å². The molecule has 114 valence electrons. The summed E-state index contributed by atoms with van der Waals surface area (Å²) in [5, 5.41) is 0. The molecule has 2 aliphatic rings. The highest BCUT2D eigenvalue weighted by molar-refractivity contribution is 5.81. The standard InChI is InChI=1S/C18H24O3/c1-3-5-9-14-13-8-6-10-15(13)18(14,21-17(19)4-2)16-11-7-12-20-16/h4,7,11-15H,2-3,5-6,8-10H2,1H3. The van der Waals surface area contributed by atoms with Gasteiger partial charge >= 0.3 is 5.97 Å². The summed E-state index contributed by atoms with van der Waals surface area (Å²) in [5.41, 5.74) is -0.550. The van der Waals surface area contributed by atoms with Crippen molar-refractivity contribution in [1.29, 1.82) is 0 Å². The van der Waals surface area contributed by atoms with Gasteiger partial charge in [-0.15, -0.1) is 0 Å². The highest BCUT2D eigenvalue weighted by Gasteiger charge is 2.67. The maximum atomic E-state index is 11.9. The predicted molar refractivity (Wildman–Crippen MR) is 80.5 cm³/mol. The predicted octanol–water partition coefficient (Wildman–Crippen LogP) is 4.44. The van der Waals surface area contributed by atoms with Crippen molar-refractivity contribution >= 4 is 5.97 Å². The van der Waals surface area contributed by atoms with Crippen LogP contribution in [0.1, 0.15) is 51.2 Å². The monoisotopic (exact) mass is 288 g/mol. The first kappa shape index (κ1) is 14.4. The Morgan fingerprint density at radius 3 is 3.10 bits per heavy atom. The Morgan fingerprint density at radius 1 is 1.57 bits per heavy atom. The van der Waals surface area contributed by atoms with E-state index in [1.165, 1.54) is 25.3 Å². The van der Waals surface area contributed by atoms with Crippen molar-refractivity contribution in [3.8, 4) is 0 Å². The number of hydrogen-bond donors (Lipinski definition) is 0. The SMILES string of the molecule is C=CC(=O)OC1(c2ccco2)C(CCCC)C2CCCC21. The van der Waals surface area contributed by atoms with Crippen LogP contribution in [0, 0.1) is 17.8 Å². The maximum absolute atomic E-state index is 11.9. The summed E-state index contributed by atoms with van der Waals surface area (Å²) in [7, 11) is 0. The Bertz CT molecular complexity index is 505. The summed E-state index contributed by atoms with van der Waals surface area (Å²) < 4.78 is 11.6. The highest BCUT2D eigenvalue weighted by Crippen LogP contribution is 2.65. The van der Waals surface area contributed by atoms with E-state index >= 15 is 0 Å². The molecule has 4 atom stereocenters. The number of hydrogen-bond acceptors (Lipinski definition) is 3. The molecule has 0 spiro atoms. The summed E-state index contributed by atoms with van der Waals surface area (Å²) in [6, 6.07) is 3.85. The summed E-state index contributed by atoms with van der Waals surface area (Å²) in [6.45, 7) is 5.76. The van der Waals surface area contributed by atoms with Crippen LogP contribution < -0.4 is 0 Å². The molecule has 0 amide bonds. The lowest BCUT2D eigenvalue weighted by Gasteiger charge is -2.57. The first-order valence-corrected chi connectivity index (χ1v) is 8.13. The third-order valence-electron chi connectivity index (χ3n) is 5.40. The van der Waals surface area contributed by atoms with Crippen molar-refractivity contribution in [3.05, 3.63) is 36.8 Å². The molecule has 1 aromatic heterocycles. The number of carbonyl (C=O) groups is 1. The van der Waals surface area contributed by atoms with Gasteiger partial charge in [0.05, 0.1) is 6.26 Å². The third kappa shape index (κ3) is 2.14. The molecule has 2 saturated carbocycles. The molecule has 0 aromatic carbocycles. The zero-order chi connectivity index (χ0) is 14.9. The minimum Gasteiger partial charge on any atom is -0.465 e. The van der Waals surface area contributed by atoms with E-state index in [1.54, 1.807) is 6.26 Å². The van der Waals surface area contributed by atoms with Crippen LogP contribution in [0.15, 0.2) is 35.5 Å². The molecule has 0 bridgehead atoms. The fraction of sp³-hybridized carbons (Fsp3) is 0.611. The van der Waals surface area contributed by atoms with E-state index in [0.717, 1.165) is 25.0 Å². The molecule has 2 aliphatic carbocycles. The topological polar surface area (TPSA) is 39.4 Å². The van der Waals surface area contributed by atoms with Crippen molar-refractivity contribution in [2.75, 3.05) is 0 Å². The zero-order valence-electron chi connectivity index (χ0n) is 12.7. The van der Waals surface area contributed by atoms with Gasteiger partial charge in [-0.1, -0.05) is 32.8 Å². The minimum absolute atomic E-state index is 0.335. The molecule has 21 heavy (non-hydrogen) atoms. The van der Waals surface area contributed by atoms with Crippen molar-refractivity contribution in [3.63, 3.8) is 0 Å². The van der Waals surface area contributed by atoms with Gasteiger partial charge in [0.25, 0.3) is 0 Å². The molecule has 4 unspecified atom stereocenters. The molecule has 0 N–H and O–H groups in total. The number of carbonyl (C=O) groups excluding carboxylic acids is 1. The third-order valence-corrected chi connectivity index (χ3v) is 5.40. The molecule has 3 nitrogen and oxygen atoms in total. The van der Waals surface area contributed by atoms with E-state index in [1.807, 2.05) is 12.1 Å². The summed E-state index contributed by atoms with van der Waals surface area (Å²) in [5.74, 6) is 1.97. The molecular weight excluding hydrogens is 264 g/mol. The van der Waals surface area contributed by atoms with Gasteiger partial charge in [-0.3, -0.25) is 0 Å². The molecule has 3 heteroatoms. The molecule has 3 rings (SSSR count). The lowest BCUT2D eigenvalue weighted by molar-refractivity contribution is -0.232. The Balaban J connectivity index is 1.95. The van der Waals surface area contributed by atoms with Gasteiger partial charge < -0.3 is 9.15 Å². The first-order valence-electron chi connectivity index (χ1n) is 8.13. The normalized spacial score (nSPS) is 34.0. The van der Waals surface area contributed by atoms with Crippen molar-refractivity contribution in [2.45, 2.75) is 51.0 Å². The van der Waals surface area contributed by atoms with Gasteiger partial charge in [-0.25, -0.2) is 4.79 Å². The van der Waals surface area contributed by atoms with Crippen LogP contribution in [-0.4, -0.2) is 5.97 Å². The van der Waals surface area contributed by atoms with Gasteiger partial charge in [0.1, 0.15) is 5.76 Å². The van der Waals surface area contributed by atoms with E-state index in [2.05, 4.69) is 13.5 Å². The van der Waals surface area contributed by atoms with Crippen LogP contribution in [-0.2, 0) is 15.1 Å². The Hall–Kier alpha value is -1.51. The molecule has 2 fully saturated rings. The van der Waals surface area contributed by atoms with E-state index in [-0.39, 0.29) is 5.97 Å². The number of fused-ring (bicyclic) bond motifs is 1. The highest BCUT2D eigenvalue weighted by atomic mass is 16.6. The molecule has 0 radical (unpaired) electrons. The van der Waals surface area contributed by atoms with Crippen LogP contribution in [0.4, 0.5) is 0 Å². The fourth-order valence-corrected chi connectivity index (χ4v) is 4.61. The maximum Gasteiger partial charge on any atom is 0.331 e. The second-order valence-corrected chi connectivity index (χ2v) is 6.35. The average Bonchev–Trinajstić information content (AvgIpc) is 3.15. The lowest BCUT2D eigenvalue weighted by Crippen LogP contribution is -2.60. The Labute approximate surface area is 126 Å². The molecular formula is C18H24O3. The van der Waals surface area contributed by atoms with E-state index in [0.29, 0.717) is 17.8 Å². The van der Waals surface area contributed by atoms with E-state index < -0.39 is 5.60 Å². The van der Waals surface area contributed by atoms with E-state index in [9.17, 15) is 4.79 Å². The van der Waals surface area contributed by atoms with Gasteiger partial charge in [0.15, 0.2) is 5.60 Å². The van der Waals surface area contributed by atoms with Crippen LogP contribution >= 0.6 is 0 Å². The number of furan rings is 1. The summed E-state index contributed by atoms with van der Waals surface area (Å²) in [4.78, 5) is 11.9. The number of ether oxygens (including phenoxy) is 1. The number of unbranched alkanes of at least 4 members (excludes halogenated alkanes) is 1. The van der Waals surface area contributed by atoms with E-state index in [4.69, 9.17) is 9.15 Å². The van der Waals surface area contributed by atoms with Crippen LogP contribution in [0.3, 0.4) is 0 Å². The lowest BCUT2D eigenvalue weighted by atomic mass is 9.52. The van der Waals surface area contributed by atoms with Gasteiger partial charge in [0, 0.05) is 17.9 Å². The quantitative estimate of drug-likeness (QED) is 0.574. The molecule has 1 heterocycles. The van der Waals surface area contributed by atoms with Gasteiger partial charge in [-0.05, 0) is 37.3 Å². The second-order valence-electron chi connectivity index (χ2n) is 6.35. The summed E-state index contributed by atoms with van der Waals surface area (Å²) in [6.07, 6.45) is 9.99. The molecule has 0 saturated heterocycles. The summed E-state index contributed by atoms with van der Waals surface area (Å²) >= 11 is 0. The fourth-order valence-electron chi connectivity index (χ4n) is 4.61. The Kier molecular flexibility index (Phi) is 3.92. The van der Waals surface area contributed by atoms with Gasteiger partial charge in [0.2, 0.25) is 0 Å². The number of rotatable bonds is 6. The molecule has 0 aliphatic heterocycles. The van der Waals surface area contributed by atoms with Crippen LogP contribution in [0.25, 0.3) is 0 Å². The van der Waals surface area contributed by atoms with Gasteiger partial charge in [-0.2, -0.15) is 0 Å². The second kappa shape index (κ2) is 5.70. The molecule has 1 aromatic rings. The van der Waals surface area contributed by atoms with Crippen LogP contribution in [0.5, 0.6) is 0 Å². The van der Waals surface area contributed by atoms with Crippen molar-refractivity contribution in [1.82, 2.24) is 0 Å². The van der Waals surface area contributed by atoms with Crippen LogP contribution in [0.2, 0.25) is 0 Å². The zero-order valence-corrected chi connectivity index (χ0v) is 12.7. The number of esters is 1.